The molecule has 0 saturated carbocycles. The second-order valence-corrected chi connectivity index (χ2v) is 5.42. The number of nitrogens with one attached hydrogen (secondary N) is 1. The van der Waals surface area contributed by atoms with Gasteiger partial charge in [0.1, 0.15) is 0 Å². The molecule has 1 aromatic heterocycles. The summed E-state index contributed by atoms with van der Waals surface area (Å²) in [6.07, 6.45) is 1.95. The van der Waals surface area contributed by atoms with Gasteiger partial charge in [0.2, 0.25) is 0 Å². The Bertz CT molecular complexity index is 383. The molecule has 1 saturated heterocycles. The van der Waals surface area contributed by atoms with Gasteiger partial charge in [0.25, 0.3) is 0 Å². The SMILES string of the molecule is CC(C)C1CSC(=NCc2ccn(C)n2)N1. The molecule has 1 aromatic rings. The van der Waals surface area contributed by atoms with E-state index in [1.807, 2.05) is 35.8 Å². The zero-order chi connectivity index (χ0) is 11.5. The number of amidine groups is 1. The number of hydrogen-bond acceptors (Lipinski definition) is 3. The third kappa shape index (κ3) is 2.78. The molecule has 1 N–H and O–H groups in total. The maximum Gasteiger partial charge on any atom is 0.157 e. The Kier molecular flexibility index (Phi) is 3.53. The summed E-state index contributed by atoms with van der Waals surface area (Å²) < 4.78 is 1.81. The number of hydrogen-bond donors (Lipinski definition) is 1. The summed E-state index contributed by atoms with van der Waals surface area (Å²) in [6, 6.07) is 2.57. The van der Waals surface area contributed by atoms with Gasteiger partial charge in [-0.05, 0) is 12.0 Å². The molecule has 0 spiro atoms. The molecule has 2 rings (SSSR count). The van der Waals surface area contributed by atoms with Crippen LogP contribution in [0.3, 0.4) is 0 Å². The zero-order valence-corrected chi connectivity index (χ0v) is 10.8. The molecule has 0 aliphatic carbocycles. The van der Waals surface area contributed by atoms with Gasteiger partial charge in [-0.1, -0.05) is 25.6 Å². The van der Waals surface area contributed by atoms with Gasteiger partial charge >= 0.3 is 0 Å². The van der Waals surface area contributed by atoms with Gasteiger partial charge in [-0.2, -0.15) is 5.10 Å². The largest absolute Gasteiger partial charge is 0.361 e. The number of aromatic nitrogens is 2. The molecule has 0 aromatic carbocycles. The lowest BCUT2D eigenvalue weighted by atomic mass is 10.1. The van der Waals surface area contributed by atoms with Gasteiger partial charge in [0.05, 0.1) is 12.2 Å². The van der Waals surface area contributed by atoms with Crippen LogP contribution >= 0.6 is 11.8 Å². The van der Waals surface area contributed by atoms with Gasteiger partial charge in [-0.15, -0.1) is 0 Å². The highest BCUT2D eigenvalue weighted by Crippen LogP contribution is 2.19. The molecule has 1 aliphatic heterocycles. The van der Waals surface area contributed by atoms with Crippen molar-refractivity contribution in [1.82, 2.24) is 15.1 Å². The van der Waals surface area contributed by atoms with Crippen LogP contribution in [0.25, 0.3) is 0 Å². The molecule has 1 aliphatic rings. The van der Waals surface area contributed by atoms with Gasteiger partial charge in [-0.3, -0.25) is 9.67 Å². The van der Waals surface area contributed by atoms with Gasteiger partial charge in [-0.25, -0.2) is 0 Å². The van der Waals surface area contributed by atoms with Crippen LogP contribution in [0.4, 0.5) is 0 Å². The van der Waals surface area contributed by atoms with Crippen LogP contribution in [-0.4, -0.2) is 26.7 Å². The van der Waals surface area contributed by atoms with E-state index in [1.54, 1.807) is 0 Å². The number of aryl methyl sites for hydroxylation is 1. The van der Waals surface area contributed by atoms with E-state index in [4.69, 9.17) is 0 Å². The topological polar surface area (TPSA) is 42.2 Å². The predicted molar refractivity (Wildman–Crippen MR) is 68.6 cm³/mol. The lowest BCUT2D eigenvalue weighted by molar-refractivity contribution is 0.503. The lowest BCUT2D eigenvalue weighted by Crippen LogP contribution is -2.31. The first-order valence-electron chi connectivity index (χ1n) is 5.57. The van der Waals surface area contributed by atoms with Gasteiger partial charge in [0.15, 0.2) is 5.17 Å². The van der Waals surface area contributed by atoms with Crippen molar-refractivity contribution in [2.24, 2.45) is 18.0 Å². The highest BCUT2D eigenvalue weighted by atomic mass is 32.2. The number of rotatable bonds is 3. The Morgan fingerprint density at radius 1 is 1.69 bits per heavy atom. The van der Waals surface area contributed by atoms with Crippen molar-refractivity contribution in [3.63, 3.8) is 0 Å². The minimum Gasteiger partial charge on any atom is -0.361 e. The number of aliphatic imine (C=N–C) groups is 1. The molecular formula is C11H18N4S. The summed E-state index contributed by atoms with van der Waals surface area (Å²) in [4.78, 5) is 4.53. The Morgan fingerprint density at radius 2 is 2.50 bits per heavy atom. The minimum absolute atomic E-state index is 0.562. The molecule has 1 atom stereocenters. The van der Waals surface area contributed by atoms with Crippen LogP contribution in [0.2, 0.25) is 0 Å². The average molecular weight is 238 g/mol. The Labute approximate surface area is 101 Å². The maximum absolute atomic E-state index is 4.53. The van der Waals surface area contributed by atoms with Gasteiger partial charge in [0, 0.05) is 25.0 Å². The first-order chi connectivity index (χ1) is 7.65. The quantitative estimate of drug-likeness (QED) is 0.870. The van der Waals surface area contributed by atoms with E-state index < -0.39 is 0 Å². The zero-order valence-electron chi connectivity index (χ0n) is 9.97. The first kappa shape index (κ1) is 11.5. The highest BCUT2D eigenvalue weighted by Gasteiger charge is 2.22. The Balaban J connectivity index is 1.90. The fourth-order valence-electron chi connectivity index (χ4n) is 1.56. The molecule has 16 heavy (non-hydrogen) atoms. The van der Waals surface area contributed by atoms with Gasteiger partial charge < -0.3 is 5.32 Å². The molecule has 2 heterocycles. The van der Waals surface area contributed by atoms with Crippen molar-refractivity contribution < 1.29 is 0 Å². The average Bonchev–Trinajstić information content (AvgIpc) is 2.83. The van der Waals surface area contributed by atoms with E-state index in [0.29, 0.717) is 18.5 Å². The molecule has 0 radical (unpaired) electrons. The molecular weight excluding hydrogens is 220 g/mol. The van der Waals surface area contributed by atoms with Crippen LogP contribution in [0, 0.1) is 5.92 Å². The maximum atomic E-state index is 4.53. The summed E-state index contributed by atoms with van der Waals surface area (Å²) in [7, 11) is 1.92. The van der Waals surface area contributed by atoms with E-state index in [2.05, 4.69) is 29.3 Å². The summed E-state index contributed by atoms with van der Waals surface area (Å²) in [5.74, 6) is 1.79. The molecule has 4 nitrogen and oxygen atoms in total. The smallest absolute Gasteiger partial charge is 0.157 e. The van der Waals surface area contributed by atoms with Crippen molar-refractivity contribution in [2.45, 2.75) is 26.4 Å². The summed E-state index contributed by atoms with van der Waals surface area (Å²) in [5, 5.41) is 8.80. The van der Waals surface area contributed by atoms with Crippen molar-refractivity contribution in [2.75, 3.05) is 5.75 Å². The van der Waals surface area contributed by atoms with Crippen LogP contribution in [0.1, 0.15) is 19.5 Å². The Hall–Kier alpha value is -0.970. The summed E-state index contributed by atoms with van der Waals surface area (Å²) in [6.45, 7) is 5.14. The van der Waals surface area contributed by atoms with E-state index in [-0.39, 0.29) is 0 Å². The van der Waals surface area contributed by atoms with E-state index in [1.165, 1.54) is 0 Å². The molecule has 5 heteroatoms. The second kappa shape index (κ2) is 4.91. The van der Waals surface area contributed by atoms with Crippen LogP contribution in [-0.2, 0) is 13.6 Å². The highest BCUT2D eigenvalue weighted by molar-refractivity contribution is 8.14. The number of thioether (sulfide) groups is 1. The predicted octanol–water partition coefficient (Wildman–Crippen LogP) is 1.64. The first-order valence-corrected chi connectivity index (χ1v) is 6.56. The fourth-order valence-corrected chi connectivity index (χ4v) is 2.76. The molecule has 88 valence electrons. The monoisotopic (exact) mass is 238 g/mol. The van der Waals surface area contributed by atoms with Crippen molar-refractivity contribution in [3.05, 3.63) is 18.0 Å². The summed E-state index contributed by atoms with van der Waals surface area (Å²) >= 11 is 1.81. The van der Waals surface area contributed by atoms with Crippen LogP contribution in [0.5, 0.6) is 0 Å². The Morgan fingerprint density at radius 3 is 3.06 bits per heavy atom. The normalized spacial score (nSPS) is 23.0. The standard InChI is InChI=1S/C11H18N4S/c1-8(2)10-7-16-11(13-10)12-6-9-4-5-15(3)14-9/h4-5,8,10H,6-7H2,1-3H3,(H,12,13). The van der Waals surface area contributed by atoms with Crippen molar-refractivity contribution in [3.8, 4) is 0 Å². The fraction of sp³-hybridized carbons (Fsp3) is 0.636. The molecule has 1 unspecified atom stereocenters. The van der Waals surface area contributed by atoms with E-state index in [0.717, 1.165) is 16.6 Å². The number of nitrogens with zero attached hydrogens (tertiary/aromatic N) is 3. The van der Waals surface area contributed by atoms with Crippen LogP contribution < -0.4 is 5.32 Å². The second-order valence-electron chi connectivity index (χ2n) is 4.41. The van der Waals surface area contributed by atoms with Crippen molar-refractivity contribution in [1.29, 1.82) is 0 Å². The van der Waals surface area contributed by atoms with E-state index in [9.17, 15) is 0 Å². The minimum atomic E-state index is 0.562. The third-order valence-corrected chi connectivity index (χ3v) is 3.71. The molecule has 0 amide bonds. The molecule has 1 fully saturated rings. The van der Waals surface area contributed by atoms with Crippen molar-refractivity contribution >= 4 is 16.9 Å². The third-order valence-electron chi connectivity index (χ3n) is 2.67. The van der Waals surface area contributed by atoms with Crippen LogP contribution in [0.15, 0.2) is 17.3 Å². The summed E-state index contributed by atoms with van der Waals surface area (Å²) in [5.41, 5.74) is 1.02. The molecule has 0 bridgehead atoms. The lowest BCUT2D eigenvalue weighted by Gasteiger charge is -2.12. The van der Waals surface area contributed by atoms with E-state index >= 15 is 0 Å².